The quantitative estimate of drug-likeness (QED) is 0.530. The van der Waals surface area contributed by atoms with Gasteiger partial charge in [0.2, 0.25) is 0 Å². The van der Waals surface area contributed by atoms with Gasteiger partial charge in [0.15, 0.2) is 0 Å². The van der Waals surface area contributed by atoms with Crippen molar-refractivity contribution in [1.82, 2.24) is 4.90 Å². The van der Waals surface area contributed by atoms with Gasteiger partial charge in [0, 0.05) is 10.6 Å². The molecule has 0 unspecified atom stereocenters. The first-order valence-corrected chi connectivity index (χ1v) is 9.46. The normalized spacial score (nSPS) is 15.4. The Morgan fingerprint density at radius 2 is 2.04 bits per heavy atom. The van der Waals surface area contributed by atoms with Crippen LogP contribution in [0.3, 0.4) is 0 Å². The lowest BCUT2D eigenvalue weighted by Gasteiger charge is -2.14. The number of carbonyl (C=O) groups is 2. The zero-order valence-electron chi connectivity index (χ0n) is 13.9. The summed E-state index contributed by atoms with van der Waals surface area (Å²) >= 11 is 12.2. The maximum atomic E-state index is 12.3. The monoisotopic (exact) mass is 418 g/mol. The number of thioether (sulfide) groups is 1. The van der Waals surface area contributed by atoms with Gasteiger partial charge in [0.05, 0.1) is 17.4 Å². The molecule has 0 spiro atoms. The minimum Gasteiger partial charge on any atom is -0.548 e. The molecule has 2 aromatic rings. The SMILES string of the molecule is O=C([O-])CN1C(=O)/C(=C/c2cccc(OCc3ccccc3Cl)c2)SC1=S. The number of benzene rings is 2. The van der Waals surface area contributed by atoms with Crippen LogP contribution >= 0.6 is 35.6 Å². The van der Waals surface area contributed by atoms with Crippen LogP contribution in [-0.2, 0) is 16.2 Å². The molecular formula is C19H13ClNO4S2-. The maximum Gasteiger partial charge on any atom is 0.266 e. The Balaban J connectivity index is 1.73. The molecule has 0 atom stereocenters. The van der Waals surface area contributed by atoms with Gasteiger partial charge in [-0.2, -0.15) is 0 Å². The Hall–Kier alpha value is -2.35. The minimum absolute atomic E-state index is 0.196. The summed E-state index contributed by atoms with van der Waals surface area (Å²) in [6.45, 7) is -0.236. The first kappa shape index (κ1) is 19.4. The lowest BCUT2D eigenvalue weighted by Crippen LogP contribution is -2.40. The Labute approximate surface area is 170 Å². The van der Waals surface area contributed by atoms with Crippen molar-refractivity contribution >= 4 is 57.9 Å². The lowest BCUT2D eigenvalue weighted by atomic mass is 10.2. The predicted molar refractivity (Wildman–Crippen MR) is 107 cm³/mol. The number of rotatable bonds is 6. The van der Waals surface area contributed by atoms with Gasteiger partial charge in [-0.05, 0) is 29.8 Å². The summed E-state index contributed by atoms with van der Waals surface area (Å²) in [5, 5.41) is 11.4. The fraction of sp³-hybridized carbons (Fsp3) is 0.105. The molecule has 0 radical (unpaired) electrons. The zero-order chi connectivity index (χ0) is 19.4. The van der Waals surface area contributed by atoms with E-state index in [0.717, 1.165) is 27.8 Å². The van der Waals surface area contributed by atoms with E-state index in [9.17, 15) is 14.7 Å². The Bertz CT molecular complexity index is 945. The molecule has 0 aromatic heterocycles. The van der Waals surface area contributed by atoms with E-state index in [-0.39, 0.29) is 4.32 Å². The Morgan fingerprint density at radius 3 is 2.78 bits per heavy atom. The molecule has 1 aliphatic heterocycles. The highest BCUT2D eigenvalue weighted by Gasteiger charge is 2.31. The third-order valence-corrected chi connectivity index (χ3v) is 5.42. The third-order valence-electron chi connectivity index (χ3n) is 3.67. The van der Waals surface area contributed by atoms with Gasteiger partial charge in [-0.15, -0.1) is 0 Å². The fourth-order valence-corrected chi connectivity index (χ4v) is 3.83. The van der Waals surface area contributed by atoms with Crippen LogP contribution in [0.25, 0.3) is 6.08 Å². The van der Waals surface area contributed by atoms with Gasteiger partial charge in [0.1, 0.15) is 16.7 Å². The van der Waals surface area contributed by atoms with Crippen LogP contribution in [0.4, 0.5) is 0 Å². The molecule has 138 valence electrons. The second kappa shape index (κ2) is 8.56. The highest BCUT2D eigenvalue weighted by Crippen LogP contribution is 2.32. The Morgan fingerprint density at radius 1 is 1.26 bits per heavy atom. The molecule has 0 aliphatic carbocycles. The summed E-state index contributed by atoms with van der Waals surface area (Å²) in [5.41, 5.74) is 1.60. The molecule has 3 rings (SSSR count). The number of hydrogen-bond donors (Lipinski definition) is 0. The van der Waals surface area contributed by atoms with Gasteiger partial charge < -0.3 is 14.6 Å². The molecule has 1 amide bonds. The van der Waals surface area contributed by atoms with Crippen molar-refractivity contribution in [1.29, 1.82) is 0 Å². The molecule has 1 heterocycles. The summed E-state index contributed by atoms with van der Waals surface area (Å²) < 4.78 is 5.97. The van der Waals surface area contributed by atoms with Crippen LogP contribution in [0.1, 0.15) is 11.1 Å². The highest BCUT2D eigenvalue weighted by atomic mass is 35.5. The van der Waals surface area contributed by atoms with Crippen LogP contribution < -0.4 is 9.84 Å². The molecule has 0 bridgehead atoms. The first-order valence-electron chi connectivity index (χ1n) is 7.85. The van der Waals surface area contributed by atoms with E-state index in [2.05, 4.69) is 0 Å². The van der Waals surface area contributed by atoms with E-state index in [4.69, 9.17) is 28.6 Å². The third kappa shape index (κ3) is 4.88. The van der Waals surface area contributed by atoms with Crippen LogP contribution in [0.2, 0.25) is 5.02 Å². The molecule has 2 aromatic carbocycles. The summed E-state index contributed by atoms with van der Waals surface area (Å²) in [7, 11) is 0. The number of amides is 1. The van der Waals surface area contributed by atoms with Gasteiger partial charge in [-0.25, -0.2) is 0 Å². The van der Waals surface area contributed by atoms with Crippen molar-refractivity contribution in [2.24, 2.45) is 0 Å². The molecule has 1 fully saturated rings. The largest absolute Gasteiger partial charge is 0.548 e. The van der Waals surface area contributed by atoms with E-state index >= 15 is 0 Å². The molecule has 1 saturated heterocycles. The summed E-state index contributed by atoms with van der Waals surface area (Å²) in [6, 6.07) is 14.6. The van der Waals surface area contributed by atoms with E-state index in [0.29, 0.717) is 22.3 Å². The average Bonchev–Trinajstić information content (AvgIpc) is 2.88. The molecule has 5 nitrogen and oxygen atoms in total. The topological polar surface area (TPSA) is 69.7 Å². The number of thiocarbonyl (C=S) groups is 1. The molecule has 0 saturated carbocycles. The van der Waals surface area contributed by atoms with Crippen molar-refractivity contribution in [3.63, 3.8) is 0 Å². The standard InChI is InChI=1S/C19H14ClNO4S2/c20-15-7-2-1-5-13(15)11-25-14-6-3-4-12(8-14)9-16-18(24)21(10-17(22)23)19(26)27-16/h1-9H,10-11H2,(H,22,23)/p-1/b16-9-. The lowest BCUT2D eigenvalue weighted by molar-refractivity contribution is -0.305. The highest BCUT2D eigenvalue weighted by molar-refractivity contribution is 8.26. The number of halogens is 1. The molecule has 0 N–H and O–H groups in total. The molecular weight excluding hydrogens is 406 g/mol. The maximum absolute atomic E-state index is 12.3. The first-order chi connectivity index (χ1) is 12.9. The van der Waals surface area contributed by atoms with Crippen LogP contribution in [0, 0.1) is 0 Å². The van der Waals surface area contributed by atoms with Crippen LogP contribution in [0.15, 0.2) is 53.4 Å². The van der Waals surface area contributed by atoms with Gasteiger partial charge in [0.25, 0.3) is 5.91 Å². The van der Waals surface area contributed by atoms with Crippen molar-refractivity contribution in [3.8, 4) is 5.75 Å². The summed E-state index contributed by atoms with van der Waals surface area (Å²) in [6.07, 6.45) is 1.65. The van der Waals surface area contributed by atoms with E-state index in [1.165, 1.54) is 0 Å². The van der Waals surface area contributed by atoms with Crippen LogP contribution in [0.5, 0.6) is 5.75 Å². The zero-order valence-corrected chi connectivity index (χ0v) is 16.3. The van der Waals surface area contributed by atoms with E-state index in [1.807, 2.05) is 24.3 Å². The van der Waals surface area contributed by atoms with Gasteiger partial charge >= 0.3 is 0 Å². The summed E-state index contributed by atoms with van der Waals surface area (Å²) in [4.78, 5) is 24.4. The number of ether oxygens (including phenoxy) is 1. The van der Waals surface area contributed by atoms with E-state index in [1.54, 1.807) is 30.3 Å². The summed E-state index contributed by atoms with van der Waals surface area (Å²) in [5.74, 6) is -1.19. The van der Waals surface area contributed by atoms with Gasteiger partial charge in [-0.3, -0.25) is 9.69 Å². The molecule has 8 heteroatoms. The van der Waals surface area contributed by atoms with Crippen molar-refractivity contribution in [2.75, 3.05) is 6.54 Å². The second-order valence-electron chi connectivity index (χ2n) is 5.59. The smallest absolute Gasteiger partial charge is 0.266 e. The van der Waals surface area contributed by atoms with Gasteiger partial charge in [-0.1, -0.05) is 65.9 Å². The average molecular weight is 419 g/mol. The predicted octanol–water partition coefficient (Wildman–Crippen LogP) is 2.87. The Kier molecular flexibility index (Phi) is 6.15. The fourth-order valence-electron chi connectivity index (χ4n) is 2.39. The number of carbonyl (C=O) groups excluding carboxylic acids is 2. The van der Waals surface area contributed by atoms with Crippen LogP contribution in [-0.4, -0.2) is 27.6 Å². The molecule has 1 aliphatic rings. The number of aliphatic carboxylic acids is 1. The number of carboxylic acids is 1. The number of hydrogen-bond acceptors (Lipinski definition) is 6. The van der Waals surface area contributed by atoms with Crippen molar-refractivity contribution < 1.29 is 19.4 Å². The second-order valence-corrected chi connectivity index (χ2v) is 7.68. The minimum atomic E-state index is -1.36. The van der Waals surface area contributed by atoms with E-state index < -0.39 is 18.4 Å². The molecule has 27 heavy (non-hydrogen) atoms. The number of nitrogens with zero attached hydrogens (tertiary/aromatic N) is 1. The van der Waals surface area contributed by atoms with Crippen molar-refractivity contribution in [2.45, 2.75) is 6.61 Å². The van der Waals surface area contributed by atoms with Crippen molar-refractivity contribution in [3.05, 3.63) is 69.6 Å². The number of carboxylic acid groups (broad SMARTS) is 1.